The average Bonchev–Trinajstić information content (AvgIpc) is 2.89. The van der Waals surface area contributed by atoms with Gasteiger partial charge < -0.3 is 25.4 Å². The van der Waals surface area contributed by atoms with Crippen molar-refractivity contribution in [3.63, 3.8) is 0 Å². The summed E-state index contributed by atoms with van der Waals surface area (Å²) in [5.41, 5.74) is 0.453. The van der Waals surface area contributed by atoms with Crippen molar-refractivity contribution in [2.75, 3.05) is 24.6 Å². The minimum absolute atomic E-state index is 0.119. The maximum atomic E-state index is 12.8. The van der Waals surface area contributed by atoms with Gasteiger partial charge in [-0.1, -0.05) is 18.2 Å². The largest absolute Gasteiger partial charge is 0.434 e. The summed E-state index contributed by atoms with van der Waals surface area (Å²) >= 11 is 1.52. The highest BCUT2D eigenvalue weighted by atomic mass is 32.2. The number of carbonyl (C=O) groups is 4. The number of cyclic esters (lactones) is 1. The van der Waals surface area contributed by atoms with Gasteiger partial charge in [-0.15, -0.1) is 0 Å². The van der Waals surface area contributed by atoms with E-state index in [2.05, 4.69) is 15.4 Å². The number of thioether (sulfide) groups is 1. The third-order valence-corrected chi connectivity index (χ3v) is 5.45. The Balaban J connectivity index is 1.58. The number of hydrogen-bond acceptors (Lipinski definition) is 7. The number of nitrogens with zero attached hydrogens (tertiary/aromatic N) is 1. The molecule has 28 heavy (non-hydrogen) atoms. The van der Waals surface area contributed by atoms with Gasteiger partial charge in [0.05, 0.1) is 13.0 Å². The first kappa shape index (κ1) is 20.2. The number of amides is 3. The fourth-order valence-corrected chi connectivity index (χ4v) is 3.94. The summed E-state index contributed by atoms with van der Waals surface area (Å²) in [7, 11) is 0. The maximum absolute atomic E-state index is 12.8. The van der Waals surface area contributed by atoms with Gasteiger partial charge in [-0.25, -0.2) is 0 Å². The summed E-state index contributed by atoms with van der Waals surface area (Å²) in [6.07, 6.45) is -1.50. The number of rotatable bonds is 5. The molecule has 0 aromatic heterocycles. The molecule has 2 saturated heterocycles. The fourth-order valence-electron chi connectivity index (χ4n) is 2.96. The normalized spacial score (nSPS) is 25.0. The van der Waals surface area contributed by atoms with E-state index in [1.807, 2.05) is 0 Å². The van der Waals surface area contributed by atoms with Crippen molar-refractivity contribution >= 4 is 35.5 Å². The molecule has 0 saturated carbocycles. The number of aliphatic hydroxyl groups excluding tert-OH is 1. The summed E-state index contributed by atoms with van der Waals surface area (Å²) in [4.78, 5) is 49.9. The van der Waals surface area contributed by atoms with Crippen molar-refractivity contribution in [1.82, 2.24) is 15.5 Å². The molecular formula is C18H21N3O6S. The van der Waals surface area contributed by atoms with E-state index in [1.165, 1.54) is 16.7 Å². The molecule has 1 aromatic rings. The van der Waals surface area contributed by atoms with Crippen LogP contribution in [0.25, 0.3) is 0 Å². The Morgan fingerprint density at radius 1 is 1.21 bits per heavy atom. The highest BCUT2D eigenvalue weighted by molar-refractivity contribution is 7.99. The van der Waals surface area contributed by atoms with Crippen LogP contribution < -0.4 is 10.6 Å². The summed E-state index contributed by atoms with van der Waals surface area (Å²) in [5, 5.41) is 14.8. The van der Waals surface area contributed by atoms with Crippen LogP contribution in [0.4, 0.5) is 0 Å². The van der Waals surface area contributed by atoms with Crippen molar-refractivity contribution < 1.29 is 29.0 Å². The number of hydrogen-bond donors (Lipinski definition) is 3. The molecule has 2 aliphatic rings. The summed E-state index contributed by atoms with van der Waals surface area (Å²) in [5.74, 6) is -0.748. The lowest BCUT2D eigenvalue weighted by molar-refractivity contribution is -0.155. The molecule has 9 nitrogen and oxygen atoms in total. The van der Waals surface area contributed by atoms with Crippen molar-refractivity contribution in [2.45, 2.75) is 24.8 Å². The third-order valence-electron chi connectivity index (χ3n) is 4.40. The number of ether oxygens (including phenoxy) is 1. The summed E-state index contributed by atoms with van der Waals surface area (Å²) in [6, 6.07) is 7.02. The van der Waals surface area contributed by atoms with E-state index < -0.39 is 30.3 Å². The van der Waals surface area contributed by atoms with Crippen LogP contribution in [-0.2, 0) is 19.1 Å². The van der Waals surface area contributed by atoms with Gasteiger partial charge in [0.1, 0.15) is 12.1 Å². The van der Waals surface area contributed by atoms with Crippen molar-refractivity contribution in [2.24, 2.45) is 0 Å². The van der Waals surface area contributed by atoms with Crippen molar-refractivity contribution in [3.05, 3.63) is 35.9 Å². The second kappa shape index (κ2) is 9.07. The minimum atomic E-state index is -1.38. The molecule has 2 aliphatic heterocycles. The molecule has 0 radical (unpaired) electrons. The van der Waals surface area contributed by atoms with E-state index in [4.69, 9.17) is 0 Å². The quantitative estimate of drug-likeness (QED) is 0.541. The number of carbonyl (C=O) groups excluding carboxylic acids is 4. The van der Waals surface area contributed by atoms with Gasteiger partial charge in [-0.2, -0.15) is 11.8 Å². The fraction of sp³-hybridized carbons (Fsp3) is 0.444. The molecule has 3 unspecified atom stereocenters. The Hall–Kier alpha value is -2.59. The van der Waals surface area contributed by atoms with Crippen LogP contribution in [0.1, 0.15) is 16.8 Å². The number of nitrogens with one attached hydrogen (secondary N) is 2. The summed E-state index contributed by atoms with van der Waals surface area (Å²) in [6.45, 7) is 0.131. The molecule has 2 heterocycles. The van der Waals surface area contributed by atoms with Gasteiger partial charge in [-0.3, -0.25) is 19.2 Å². The zero-order chi connectivity index (χ0) is 20.1. The number of benzene rings is 1. The lowest BCUT2D eigenvalue weighted by Crippen LogP contribution is -2.52. The second-order valence-corrected chi connectivity index (χ2v) is 7.64. The van der Waals surface area contributed by atoms with Crippen molar-refractivity contribution in [3.8, 4) is 0 Å². The molecule has 1 aromatic carbocycles. The number of esters is 1. The Kier molecular flexibility index (Phi) is 6.53. The van der Waals surface area contributed by atoms with Crippen LogP contribution in [0, 0.1) is 0 Å². The Labute approximate surface area is 165 Å². The molecule has 3 atom stereocenters. The monoisotopic (exact) mass is 407 g/mol. The van der Waals surface area contributed by atoms with Crippen LogP contribution in [0.2, 0.25) is 0 Å². The topological polar surface area (TPSA) is 125 Å². The SMILES string of the molecule is O=C(CN1CCSCC(NC(=O)c2ccccc2)C1=O)NC1CC(=O)OC1O. The van der Waals surface area contributed by atoms with Gasteiger partial charge >= 0.3 is 5.97 Å². The Bertz CT molecular complexity index is 759. The standard InChI is InChI=1S/C18H21N3O6S/c22-14(19-12-8-15(23)27-18(12)26)9-21-6-7-28-10-13(17(21)25)20-16(24)11-4-2-1-3-5-11/h1-5,12-13,18,26H,6-10H2,(H,19,22)(H,20,24). The lowest BCUT2D eigenvalue weighted by atomic mass is 10.2. The molecule has 2 fully saturated rings. The Morgan fingerprint density at radius 3 is 2.64 bits per heavy atom. The van der Waals surface area contributed by atoms with Gasteiger partial charge in [0.15, 0.2) is 0 Å². The predicted octanol–water partition coefficient (Wildman–Crippen LogP) is -0.889. The second-order valence-electron chi connectivity index (χ2n) is 6.49. The maximum Gasteiger partial charge on any atom is 0.310 e. The van der Waals surface area contributed by atoms with Crippen LogP contribution in [0.15, 0.2) is 30.3 Å². The zero-order valence-corrected chi connectivity index (χ0v) is 15.8. The van der Waals surface area contributed by atoms with Crippen LogP contribution in [-0.4, -0.2) is 76.7 Å². The van der Waals surface area contributed by atoms with E-state index in [9.17, 15) is 24.3 Å². The van der Waals surface area contributed by atoms with Gasteiger partial charge in [-0.05, 0) is 12.1 Å². The molecule has 0 spiro atoms. The van der Waals surface area contributed by atoms with E-state index in [0.717, 1.165) is 0 Å². The molecule has 3 N–H and O–H groups in total. The Morgan fingerprint density at radius 2 is 1.96 bits per heavy atom. The highest BCUT2D eigenvalue weighted by Gasteiger charge is 2.35. The van der Waals surface area contributed by atoms with Crippen LogP contribution in [0.3, 0.4) is 0 Å². The molecule has 0 aliphatic carbocycles. The van der Waals surface area contributed by atoms with E-state index in [-0.39, 0.29) is 24.8 Å². The lowest BCUT2D eigenvalue weighted by Gasteiger charge is -2.25. The zero-order valence-electron chi connectivity index (χ0n) is 15.0. The molecule has 3 rings (SSSR count). The van der Waals surface area contributed by atoms with Gasteiger partial charge in [0.25, 0.3) is 5.91 Å². The molecule has 3 amide bonds. The third kappa shape index (κ3) is 5.02. The molecule has 10 heteroatoms. The highest BCUT2D eigenvalue weighted by Crippen LogP contribution is 2.15. The minimum Gasteiger partial charge on any atom is -0.434 e. The predicted molar refractivity (Wildman–Crippen MR) is 100 cm³/mol. The molecular weight excluding hydrogens is 386 g/mol. The summed E-state index contributed by atoms with van der Waals surface area (Å²) < 4.78 is 4.58. The number of aliphatic hydroxyl groups is 1. The first-order valence-corrected chi connectivity index (χ1v) is 9.99. The van der Waals surface area contributed by atoms with Gasteiger partial charge in [0.2, 0.25) is 18.1 Å². The van der Waals surface area contributed by atoms with Crippen LogP contribution in [0.5, 0.6) is 0 Å². The van der Waals surface area contributed by atoms with Gasteiger partial charge in [0, 0.05) is 23.6 Å². The first-order valence-electron chi connectivity index (χ1n) is 8.83. The van der Waals surface area contributed by atoms with E-state index in [0.29, 0.717) is 23.6 Å². The van der Waals surface area contributed by atoms with Crippen LogP contribution >= 0.6 is 11.8 Å². The van der Waals surface area contributed by atoms with Crippen molar-refractivity contribution in [1.29, 1.82) is 0 Å². The average molecular weight is 407 g/mol. The van der Waals surface area contributed by atoms with E-state index >= 15 is 0 Å². The first-order chi connectivity index (χ1) is 13.4. The van der Waals surface area contributed by atoms with E-state index in [1.54, 1.807) is 30.3 Å². The molecule has 0 bridgehead atoms. The smallest absolute Gasteiger partial charge is 0.310 e. The molecule has 150 valence electrons.